The Hall–Kier alpha value is -2.68. The third kappa shape index (κ3) is 4.98. The minimum Gasteiger partial charge on any atom is -0.357 e. The number of rotatable bonds is 7. The van der Waals surface area contributed by atoms with Gasteiger partial charge in [-0.2, -0.15) is 0 Å². The number of Topliss-reactive ketones (excluding diaryl/α,β-unsaturated/α-hetero) is 1. The summed E-state index contributed by atoms with van der Waals surface area (Å²) in [6.07, 6.45) is 0.736. The summed E-state index contributed by atoms with van der Waals surface area (Å²) in [5.74, 6) is -0.0395. The summed E-state index contributed by atoms with van der Waals surface area (Å²) in [4.78, 5) is 29.6. The second-order valence-corrected chi connectivity index (χ2v) is 10.2. The van der Waals surface area contributed by atoms with Crippen LogP contribution in [0.1, 0.15) is 37.6 Å². The van der Waals surface area contributed by atoms with Crippen molar-refractivity contribution in [1.82, 2.24) is 5.32 Å². The number of amides is 1. The molecule has 1 atom stereocenters. The fourth-order valence-electron chi connectivity index (χ4n) is 4.64. The maximum Gasteiger partial charge on any atom is 0.239 e. The van der Waals surface area contributed by atoms with E-state index < -0.39 is 6.29 Å². The fourth-order valence-corrected chi connectivity index (χ4v) is 5.49. The van der Waals surface area contributed by atoms with Crippen LogP contribution in [0.4, 0.5) is 11.4 Å². The van der Waals surface area contributed by atoms with Crippen molar-refractivity contribution < 1.29 is 19.1 Å². The van der Waals surface area contributed by atoms with Gasteiger partial charge in [0, 0.05) is 36.8 Å². The Bertz CT molecular complexity index is 1040. The van der Waals surface area contributed by atoms with Gasteiger partial charge in [0.15, 0.2) is 12.1 Å². The summed E-state index contributed by atoms with van der Waals surface area (Å²) < 4.78 is 10.4. The molecule has 0 saturated heterocycles. The number of nitrogens with one attached hydrogen (secondary N) is 2. The van der Waals surface area contributed by atoms with Crippen molar-refractivity contribution in [2.45, 2.75) is 39.0 Å². The Labute approximate surface area is 198 Å². The lowest BCUT2D eigenvalue weighted by Gasteiger charge is -2.37. The molecule has 0 saturated carbocycles. The Morgan fingerprint density at radius 2 is 1.97 bits per heavy atom. The molecule has 0 bridgehead atoms. The Balaban J connectivity index is 1.77. The average molecular weight is 470 g/mol. The number of anilines is 2. The summed E-state index contributed by atoms with van der Waals surface area (Å²) >= 11 is 1.60. The van der Waals surface area contributed by atoms with Crippen LogP contribution in [0.5, 0.6) is 0 Å². The predicted octanol–water partition coefficient (Wildman–Crippen LogP) is 4.10. The largest absolute Gasteiger partial charge is 0.357 e. The molecule has 1 aromatic carbocycles. The van der Waals surface area contributed by atoms with Gasteiger partial charge in [-0.05, 0) is 35.4 Å². The van der Waals surface area contributed by atoms with Gasteiger partial charge < -0.3 is 25.0 Å². The molecule has 0 radical (unpaired) electrons. The fraction of sp³-hybridized carbons (Fsp3) is 0.440. The zero-order valence-electron chi connectivity index (χ0n) is 19.5. The molecule has 1 amide bonds. The molecule has 7 nitrogen and oxygen atoms in total. The van der Waals surface area contributed by atoms with E-state index in [4.69, 9.17) is 9.47 Å². The van der Waals surface area contributed by atoms with Gasteiger partial charge in [0.1, 0.15) is 0 Å². The molecular formula is C25H31N3O4S. The zero-order chi connectivity index (χ0) is 23.6. The van der Waals surface area contributed by atoms with Gasteiger partial charge in [-0.3, -0.25) is 9.59 Å². The molecule has 2 heterocycles. The zero-order valence-corrected chi connectivity index (χ0v) is 20.3. The molecule has 0 spiro atoms. The van der Waals surface area contributed by atoms with E-state index in [9.17, 15) is 9.59 Å². The van der Waals surface area contributed by atoms with Gasteiger partial charge >= 0.3 is 0 Å². The smallest absolute Gasteiger partial charge is 0.239 e. The molecule has 1 aromatic heterocycles. The van der Waals surface area contributed by atoms with Crippen LogP contribution in [0.2, 0.25) is 0 Å². The van der Waals surface area contributed by atoms with E-state index >= 15 is 0 Å². The van der Waals surface area contributed by atoms with Crippen LogP contribution in [-0.2, 0) is 19.1 Å². The molecule has 176 valence electrons. The number of allylic oxidation sites excluding steroid dienone is 1. The van der Waals surface area contributed by atoms with E-state index in [1.807, 2.05) is 46.7 Å². The number of methoxy groups -OCH3 is 2. The van der Waals surface area contributed by atoms with Crippen molar-refractivity contribution >= 4 is 34.4 Å². The Morgan fingerprint density at radius 1 is 1.21 bits per heavy atom. The number of ketones is 1. The number of hydrogen-bond donors (Lipinski definition) is 2. The maximum atomic E-state index is 13.5. The molecule has 1 aliphatic carbocycles. The third-order valence-electron chi connectivity index (χ3n) is 6.12. The number of benzene rings is 1. The molecule has 4 rings (SSSR count). The van der Waals surface area contributed by atoms with Crippen LogP contribution in [0.25, 0.3) is 0 Å². The first-order valence-corrected chi connectivity index (χ1v) is 12.0. The predicted molar refractivity (Wildman–Crippen MR) is 130 cm³/mol. The second kappa shape index (κ2) is 9.67. The van der Waals surface area contributed by atoms with E-state index in [0.717, 1.165) is 33.9 Å². The highest BCUT2D eigenvalue weighted by Crippen LogP contribution is 2.48. The van der Waals surface area contributed by atoms with Crippen LogP contribution in [-0.4, -0.2) is 45.3 Å². The lowest BCUT2D eigenvalue weighted by molar-refractivity contribution is -0.126. The summed E-state index contributed by atoms with van der Waals surface area (Å²) in [7, 11) is 3.07. The normalized spacial score (nSPS) is 19.6. The molecule has 2 N–H and O–H groups in total. The minimum absolute atomic E-state index is 0.0921. The van der Waals surface area contributed by atoms with Crippen LogP contribution in [0.15, 0.2) is 53.0 Å². The number of carbonyl (C=O) groups excluding carboxylic acids is 2. The lowest BCUT2D eigenvalue weighted by Crippen LogP contribution is -2.43. The monoisotopic (exact) mass is 469 g/mol. The Morgan fingerprint density at radius 3 is 2.67 bits per heavy atom. The number of fused-ring (bicyclic) bond motifs is 1. The summed E-state index contributed by atoms with van der Waals surface area (Å²) in [5.41, 5.74) is 3.37. The molecule has 0 fully saturated rings. The highest BCUT2D eigenvalue weighted by Gasteiger charge is 2.42. The van der Waals surface area contributed by atoms with E-state index in [-0.39, 0.29) is 36.2 Å². The molecule has 8 heteroatoms. The van der Waals surface area contributed by atoms with E-state index in [1.165, 1.54) is 14.2 Å². The quantitative estimate of drug-likeness (QED) is 0.595. The summed E-state index contributed by atoms with van der Waals surface area (Å²) in [6, 6.07) is 11.6. The van der Waals surface area contributed by atoms with E-state index in [0.29, 0.717) is 6.42 Å². The maximum absolute atomic E-state index is 13.5. The number of nitrogens with zero attached hydrogens (tertiary/aromatic N) is 1. The average Bonchev–Trinajstić information content (AvgIpc) is 3.26. The topological polar surface area (TPSA) is 79.9 Å². The van der Waals surface area contributed by atoms with Crippen LogP contribution in [0, 0.1) is 5.41 Å². The van der Waals surface area contributed by atoms with Crippen LogP contribution in [0.3, 0.4) is 0 Å². The summed E-state index contributed by atoms with van der Waals surface area (Å²) in [5, 5.41) is 8.47. The number of carbonyl (C=O) groups is 2. The van der Waals surface area contributed by atoms with Crippen molar-refractivity contribution in [1.29, 1.82) is 0 Å². The molecule has 1 aliphatic heterocycles. The molecular weight excluding hydrogens is 438 g/mol. The first-order chi connectivity index (χ1) is 15.8. The number of para-hydroxylation sites is 2. The van der Waals surface area contributed by atoms with Gasteiger partial charge in [0.05, 0.1) is 30.5 Å². The van der Waals surface area contributed by atoms with Crippen molar-refractivity contribution in [3.8, 4) is 0 Å². The van der Waals surface area contributed by atoms with E-state index in [1.54, 1.807) is 11.3 Å². The highest BCUT2D eigenvalue weighted by atomic mass is 32.1. The molecule has 1 unspecified atom stereocenters. The van der Waals surface area contributed by atoms with Gasteiger partial charge in [0.25, 0.3) is 0 Å². The van der Waals surface area contributed by atoms with Gasteiger partial charge in [-0.1, -0.05) is 32.0 Å². The second-order valence-electron chi connectivity index (χ2n) is 9.23. The van der Waals surface area contributed by atoms with Crippen molar-refractivity contribution in [2.24, 2.45) is 5.41 Å². The number of thiophene rings is 1. The highest BCUT2D eigenvalue weighted by molar-refractivity contribution is 7.10. The minimum atomic E-state index is -0.517. The standard InChI is InChI=1S/C25H31N3O4S/c1-25(2)12-17-23(19(29)13-25)24(20-10-7-11-33-20)28(18-9-6-5-8-16(18)27-17)15-21(30)26-14-22(31-3)32-4/h5-11,22,24,27H,12-15H2,1-4H3,(H,26,30). The summed E-state index contributed by atoms with van der Waals surface area (Å²) in [6.45, 7) is 4.58. The van der Waals surface area contributed by atoms with Crippen molar-refractivity contribution in [3.63, 3.8) is 0 Å². The van der Waals surface area contributed by atoms with Crippen LogP contribution < -0.4 is 15.5 Å². The first-order valence-electron chi connectivity index (χ1n) is 11.1. The van der Waals surface area contributed by atoms with E-state index in [2.05, 4.69) is 24.5 Å². The SMILES string of the molecule is COC(CNC(=O)CN1c2ccccc2NC2=C(C(=O)CC(C)(C)C2)C1c1cccs1)OC. The van der Waals surface area contributed by atoms with Crippen molar-refractivity contribution in [3.05, 3.63) is 57.9 Å². The van der Waals surface area contributed by atoms with Gasteiger partial charge in [-0.15, -0.1) is 11.3 Å². The number of ether oxygens (including phenoxy) is 2. The van der Waals surface area contributed by atoms with Crippen LogP contribution >= 0.6 is 11.3 Å². The first kappa shape index (κ1) is 23.5. The molecule has 2 aromatic rings. The molecule has 33 heavy (non-hydrogen) atoms. The Kier molecular flexibility index (Phi) is 6.88. The van der Waals surface area contributed by atoms with Gasteiger partial charge in [0.2, 0.25) is 5.91 Å². The van der Waals surface area contributed by atoms with Gasteiger partial charge in [-0.25, -0.2) is 0 Å². The van der Waals surface area contributed by atoms with Crippen molar-refractivity contribution in [2.75, 3.05) is 37.5 Å². The third-order valence-corrected chi connectivity index (χ3v) is 7.05. The number of hydrogen-bond acceptors (Lipinski definition) is 7. The molecule has 2 aliphatic rings. The lowest BCUT2D eigenvalue weighted by atomic mass is 9.74.